The molecular formula is C20H31N2+. The van der Waals surface area contributed by atoms with E-state index in [1.807, 2.05) is 0 Å². The fourth-order valence-corrected chi connectivity index (χ4v) is 3.00. The lowest BCUT2D eigenvalue weighted by Gasteiger charge is -2.03. The molecular weight excluding hydrogens is 268 g/mol. The summed E-state index contributed by atoms with van der Waals surface area (Å²) in [5.74, 6) is 1.39. The van der Waals surface area contributed by atoms with Crippen LogP contribution >= 0.6 is 0 Å². The van der Waals surface area contributed by atoms with Gasteiger partial charge in [-0.1, -0.05) is 56.5 Å². The monoisotopic (exact) mass is 299 g/mol. The molecule has 2 aromatic rings. The van der Waals surface area contributed by atoms with Gasteiger partial charge in [-0.2, -0.15) is 0 Å². The molecule has 1 aromatic carbocycles. The number of benzene rings is 1. The summed E-state index contributed by atoms with van der Waals surface area (Å²) in [6.07, 6.45) is 13.6. The van der Waals surface area contributed by atoms with E-state index in [4.69, 9.17) is 0 Å². The van der Waals surface area contributed by atoms with E-state index in [2.05, 4.69) is 65.7 Å². The Balaban J connectivity index is 1.73. The zero-order valence-corrected chi connectivity index (χ0v) is 14.3. The Morgan fingerprint density at radius 1 is 0.955 bits per heavy atom. The third-order valence-corrected chi connectivity index (χ3v) is 4.47. The van der Waals surface area contributed by atoms with E-state index in [0.717, 1.165) is 13.0 Å². The lowest BCUT2D eigenvalue weighted by molar-refractivity contribution is -0.702. The minimum absolute atomic E-state index is 1.11. The van der Waals surface area contributed by atoms with Crippen LogP contribution in [0.5, 0.6) is 0 Å². The minimum atomic E-state index is 1.11. The standard InChI is InChI=1S/C20H31N2/c1-3-4-5-6-10-15-21-17-18-22(19(21)2)16-11-14-20-12-8-7-9-13-20/h7-9,12-13,17-18H,3-6,10-11,14-16H2,1-2H3/q+1. The highest BCUT2D eigenvalue weighted by Crippen LogP contribution is 2.06. The summed E-state index contributed by atoms with van der Waals surface area (Å²) >= 11 is 0. The van der Waals surface area contributed by atoms with Gasteiger partial charge in [-0.25, -0.2) is 9.13 Å². The molecule has 0 aliphatic heterocycles. The number of hydrogen-bond donors (Lipinski definition) is 0. The van der Waals surface area contributed by atoms with Crippen molar-refractivity contribution in [3.8, 4) is 0 Å². The van der Waals surface area contributed by atoms with Crippen LogP contribution in [0.25, 0.3) is 0 Å². The molecule has 22 heavy (non-hydrogen) atoms. The van der Waals surface area contributed by atoms with Gasteiger partial charge in [-0.15, -0.1) is 0 Å². The van der Waals surface area contributed by atoms with E-state index in [-0.39, 0.29) is 0 Å². The van der Waals surface area contributed by atoms with E-state index in [1.54, 1.807) is 0 Å². The molecule has 0 atom stereocenters. The van der Waals surface area contributed by atoms with Crippen LogP contribution in [0.15, 0.2) is 42.7 Å². The Morgan fingerprint density at radius 3 is 2.50 bits per heavy atom. The molecule has 1 heterocycles. The largest absolute Gasteiger partial charge is 0.253 e. The molecule has 0 spiro atoms. The van der Waals surface area contributed by atoms with Gasteiger partial charge in [0, 0.05) is 6.92 Å². The normalized spacial score (nSPS) is 11.0. The Labute approximate surface area is 135 Å². The number of hydrogen-bond acceptors (Lipinski definition) is 0. The van der Waals surface area contributed by atoms with Gasteiger partial charge in [-0.05, 0) is 31.2 Å². The fourth-order valence-electron chi connectivity index (χ4n) is 3.00. The molecule has 0 radical (unpaired) electrons. The number of aryl methyl sites for hydroxylation is 3. The summed E-state index contributed by atoms with van der Waals surface area (Å²) in [4.78, 5) is 0. The maximum Gasteiger partial charge on any atom is 0.253 e. The number of unbranched alkanes of at least 4 members (excludes halogenated alkanes) is 4. The summed E-state index contributed by atoms with van der Waals surface area (Å²) in [6, 6.07) is 10.8. The van der Waals surface area contributed by atoms with Crippen molar-refractivity contribution < 1.29 is 4.57 Å². The topological polar surface area (TPSA) is 8.81 Å². The number of rotatable bonds is 10. The summed E-state index contributed by atoms with van der Waals surface area (Å²) in [5.41, 5.74) is 1.44. The van der Waals surface area contributed by atoms with Crippen molar-refractivity contribution in [2.45, 2.75) is 71.9 Å². The van der Waals surface area contributed by atoms with Crippen LogP contribution in [-0.4, -0.2) is 4.57 Å². The highest BCUT2D eigenvalue weighted by molar-refractivity contribution is 5.14. The third-order valence-electron chi connectivity index (χ3n) is 4.47. The molecule has 2 heteroatoms. The molecule has 1 aromatic heterocycles. The quantitative estimate of drug-likeness (QED) is 0.444. The van der Waals surface area contributed by atoms with E-state index in [0.29, 0.717) is 0 Å². The number of aromatic nitrogens is 2. The first-order chi connectivity index (χ1) is 10.8. The molecule has 0 unspecified atom stereocenters. The number of imidazole rings is 1. The highest BCUT2D eigenvalue weighted by atomic mass is 15.1. The molecule has 0 amide bonds. The Bertz CT molecular complexity index is 528. The first-order valence-corrected chi connectivity index (χ1v) is 8.90. The molecule has 2 nitrogen and oxygen atoms in total. The molecule has 2 rings (SSSR count). The van der Waals surface area contributed by atoms with Gasteiger partial charge in [0.2, 0.25) is 0 Å². The molecule has 0 N–H and O–H groups in total. The second-order valence-corrected chi connectivity index (χ2v) is 6.24. The average Bonchev–Trinajstić information content (AvgIpc) is 2.89. The summed E-state index contributed by atoms with van der Waals surface area (Å²) < 4.78 is 4.81. The highest BCUT2D eigenvalue weighted by Gasteiger charge is 2.11. The van der Waals surface area contributed by atoms with Gasteiger partial charge in [0.15, 0.2) is 0 Å². The second-order valence-electron chi connectivity index (χ2n) is 6.24. The molecule has 0 saturated heterocycles. The van der Waals surface area contributed by atoms with E-state index < -0.39 is 0 Å². The molecule has 0 aliphatic carbocycles. The van der Waals surface area contributed by atoms with Crippen LogP contribution in [0, 0.1) is 6.92 Å². The Kier molecular flexibility index (Phi) is 7.21. The zero-order chi connectivity index (χ0) is 15.6. The summed E-state index contributed by atoms with van der Waals surface area (Å²) in [7, 11) is 0. The van der Waals surface area contributed by atoms with E-state index >= 15 is 0 Å². The van der Waals surface area contributed by atoms with E-state index in [1.165, 1.54) is 56.5 Å². The Morgan fingerprint density at radius 2 is 1.73 bits per heavy atom. The fraction of sp³-hybridized carbons (Fsp3) is 0.550. The van der Waals surface area contributed by atoms with Crippen LogP contribution in [0.2, 0.25) is 0 Å². The first-order valence-electron chi connectivity index (χ1n) is 8.90. The van der Waals surface area contributed by atoms with Gasteiger partial charge < -0.3 is 0 Å². The van der Waals surface area contributed by atoms with Crippen LogP contribution in [-0.2, 0) is 19.5 Å². The van der Waals surface area contributed by atoms with Crippen molar-refractivity contribution in [2.75, 3.05) is 0 Å². The van der Waals surface area contributed by atoms with Gasteiger partial charge in [0.25, 0.3) is 5.82 Å². The van der Waals surface area contributed by atoms with Gasteiger partial charge >= 0.3 is 0 Å². The minimum Gasteiger partial charge on any atom is -0.234 e. The van der Waals surface area contributed by atoms with Gasteiger partial charge in [0.1, 0.15) is 12.4 Å². The van der Waals surface area contributed by atoms with Crippen LogP contribution < -0.4 is 4.57 Å². The lowest BCUT2D eigenvalue weighted by atomic mass is 10.1. The maximum atomic E-state index is 2.41. The van der Waals surface area contributed by atoms with Crippen molar-refractivity contribution >= 4 is 0 Å². The summed E-state index contributed by atoms with van der Waals surface area (Å²) in [6.45, 7) is 6.80. The first kappa shape index (κ1) is 16.8. The number of nitrogens with zero attached hydrogens (tertiary/aromatic N) is 2. The second kappa shape index (κ2) is 9.45. The van der Waals surface area contributed by atoms with Crippen molar-refractivity contribution in [1.82, 2.24) is 4.57 Å². The van der Waals surface area contributed by atoms with Gasteiger partial charge in [-0.3, -0.25) is 0 Å². The molecule has 0 aliphatic rings. The van der Waals surface area contributed by atoms with Crippen LogP contribution in [0.3, 0.4) is 0 Å². The van der Waals surface area contributed by atoms with Crippen LogP contribution in [0.1, 0.15) is 56.8 Å². The molecule has 120 valence electrons. The van der Waals surface area contributed by atoms with Crippen molar-refractivity contribution in [1.29, 1.82) is 0 Å². The van der Waals surface area contributed by atoms with Crippen LogP contribution in [0.4, 0.5) is 0 Å². The third kappa shape index (κ3) is 5.32. The zero-order valence-electron chi connectivity index (χ0n) is 14.3. The SMILES string of the molecule is CCCCCCCn1cc[n+](CCCc2ccccc2)c1C. The molecule has 0 saturated carbocycles. The maximum absolute atomic E-state index is 2.41. The predicted molar refractivity (Wildman–Crippen MR) is 92.9 cm³/mol. The molecule has 0 bridgehead atoms. The van der Waals surface area contributed by atoms with Crippen molar-refractivity contribution in [3.63, 3.8) is 0 Å². The average molecular weight is 299 g/mol. The molecule has 0 fully saturated rings. The van der Waals surface area contributed by atoms with Crippen molar-refractivity contribution in [2.24, 2.45) is 0 Å². The van der Waals surface area contributed by atoms with E-state index in [9.17, 15) is 0 Å². The van der Waals surface area contributed by atoms with Gasteiger partial charge in [0.05, 0.1) is 13.1 Å². The Hall–Kier alpha value is -1.57. The lowest BCUT2D eigenvalue weighted by Crippen LogP contribution is -2.35. The smallest absolute Gasteiger partial charge is 0.234 e. The van der Waals surface area contributed by atoms with Crippen molar-refractivity contribution in [3.05, 3.63) is 54.1 Å². The predicted octanol–water partition coefficient (Wildman–Crippen LogP) is 4.69. The summed E-state index contributed by atoms with van der Waals surface area (Å²) in [5, 5.41) is 0.